The van der Waals surface area contributed by atoms with Gasteiger partial charge in [-0.25, -0.2) is 4.98 Å². The highest BCUT2D eigenvalue weighted by Gasteiger charge is 2.17. The topological polar surface area (TPSA) is 30.7 Å². The molecular formula is C38H23N3S3. The van der Waals surface area contributed by atoms with Crippen molar-refractivity contribution in [3.05, 3.63) is 137 Å². The number of thiophene rings is 2. The van der Waals surface area contributed by atoms with Crippen molar-refractivity contribution in [3.8, 4) is 49.8 Å². The van der Waals surface area contributed by atoms with Crippen molar-refractivity contribution < 1.29 is 0 Å². The molecule has 0 saturated heterocycles. The first-order chi connectivity index (χ1) is 21.8. The Morgan fingerprint density at radius 2 is 1.36 bits per heavy atom. The Hall–Kier alpha value is -4.88. The van der Waals surface area contributed by atoms with Gasteiger partial charge in [0.15, 0.2) is 0 Å². The minimum absolute atomic E-state index is 0.965. The van der Waals surface area contributed by atoms with Crippen molar-refractivity contribution in [2.24, 2.45) is 0 Å². The van der Waals surface area contributed by atoms with Crippen molar-refractivity contribution in [2.75, 3.05) is 0 Å². The second-order valence-electron chi connectivity index (χ2n) is 10.8. The zero-order valence-corrected chi connectivity index (χ0v) is 25.8. The minimum Gasteiger partial charge on any atom is -0.309 e. The van der Waals surface area contributed by atoms with Crippen LogP contribution < -0.4 is 0 Å². The summed E-state index contributed by atoms with van der Waals surface area (Å²) in [6.45, 7) is 0. The van der Waals surface area contributed by atoms with Crippen molar-refractivity contribution in [3.63, 3.8) is 0 Å². The lowest BCUT2D eigenvalue weighted by molar-refractivity contribution is 1.18. The maximum atomic E-state index is 5.12. The van der Waals surface area contributed by atoms with Crippen LogP contribution >= 0.6 is 34.0 Å². The van der Waals surface area contributed by atoms with Crippen LogP contribution in [0, 0.1) is 0 Å². The van der Waals surface area contributed by atoms with E-state index in [1.54, 1.807) is 34.0 Å². The molecule has 0 aliphatic carbocycles. The second kappa shape index (κ2) is 10.4. The van der Waals surface area contributed by atoms with Crippen LogP contribution in [0.3, 0.4) is 0 Å². The molecule has 0 atom stereocenters. The Bertz CT molecular complexity index is 2430. The van der Waals surface area contributed by atoms with Crippen LogP contribution in [0.2, 0.25) is 0 Å². The highest BCUT2D eigenvalue weighted by atomic mass is 32.1. The maximum absolute atomic E-state index is 5.12. The van der Waals surface area contributed by atoms with Crippen LogP contribution in [0.15, 0.2) is 137 Å². The highest BCUT2D eigenvalue weighted by Crippen LogP contribution is 2.39. The van der Waals surface area contributed by atoms with Gasteiger partial charge in [-0.2, -0.15) is 22.7 Å². The third kappa shape index (κ3) is 4.30. The lowest BCUT2D eigenvalue weighted by Gasteiger charge is -2.11. The molecule has 0 bridgehead atoms. The molecule has 0 aliphatic rings. The van der Waals surface area contributed by atoms with E-state index >= 15 is 0 Å². The number of hydrogen-bond donors (Lipinski definition) is 0. The summed E-state index contributed by atoms with van der Waals surface area (Å²) >= 11 is 5.20. The molecule has 9 aromatic rings. The van der Waals surface area contributed by atoms with Gasteiger partial charge in [0.25, 0.3) is 0 Å². The molecule has 5 aromatic heterocycles. The Kier molecular flexibility index (Phi) is 6.04. The SMILES string of the molecule is c1ccc(-c2cccc(-n3c4ccc(-c5ccsc5)cc4c4ccc(-c5nc6cc(-c7ccsc7)ccc6s5)cc43)c2)nc1. The Labute approximate surface area is 266 Å². The molecule has 0 unspecified atom stereocenters. The van der Waals surface area contributed by atoms with Gasteiger partial charge in [0.1, 0.15) is 5.01 Å². The summed E-state index contributed by atoms with van der Waals surface area (Å²) in [6.07, 6.45) is 1.85. The van der Waals surface area contributed by atoms with E-state index in [2.05, 4.69) is 128 Å². The van der Waals surface area contributed by atoms with E-state index < -0.39 is 0 Å². The molecule has 0 radical (unpaired) electrons. The molecule has 3 nitrogen and oxygen atoms in total. The molecule has 0 aliphatic heterocycles. The molecule has 0 fully saturated rings. The molecule has 4 aromatic carbocycles. The average Bonchev–Trinajstić information content (AvgIpc) is 3.90. The van der Waals surface area contributed by atoms with E-state index in [-0.39, 0.29) is 0 Å². The van der Waals surface area contributed by atoms with E-state index in [0.717, 1.165) is 38.5 Å². The van der Waals surface area contributed by atoms with Gasteiger partial charge in [0.2, 0.25) is 0 Å². The van der Waals surface area contributed by atoms with Crippen molar-refractivity contribution >= 4 is 66.0 Å². The first-order valence-electron chi connectivity index (χ1n) is 14.3. The molecule has 9 rings (SSSR count). The number of nitrogens with zero attached hydrogens (tertiary/aromatic N) is 3. The van der Waals surface area contributed by atoms with Crippen LogP contribution in [0.5, 0.6) is 0 Å². The largest absolute Gasteiger partial charge is 0.309 e. The lowest BCUT2D eigenvalue weighted by Crippen LogP contribution is -1.95. The van der Waals surface area contributed by atoms with Crippen LogP contribution in [-0.2, 0) is 0 Å². The van der Waals surface area contributed by atoms with Crippen molar-refractivity contribution in [1.29, 1.82) is 0 Å². The third-order valence-electron chi connectivity index (χ3n) is 8.17. The third-order valence-corrected chi connectivity index (χ3v) is 10.6. The normalized spacial score (nSPS) is 11.6. The van der Waals surface area contributed by atoms with Crippen LogP contribution in [-0.4, -0.2) is 14.5 Å². The standard InChI is InChI=1S/C38H23N3S3/c1-2-15-39-33(6-1)26-4-3-5-30(18-26)41-35-11-8-24(28-13-16-42-22-28)19-32(35)31-10-7-27(21-36(31)41)38-40-34-20-25(9-12-37(34)44-38)29-14-17-43-23-29/h1-23H. The Morgan fingerprint density at radius 1 is 0.545 bits per heavy atom. The van der Waals surface area contributed by atoms with Gasteiger partial charge >= 0.3 is 0 Å². The smallest absolute Gasteiger partial charge is 0.124 e. The quantitative estimate of drug-likeness (QED) is 0.192. The molecule has 0 saturated carbocycles. The summed E-state index contributed by atoms with van der Waals surface area (Å²) in [5, 5.41) is 12.2. The van der Waals surface area contributed by atoms with Crippen LogP contribution in [0.25, 0.3) is 81.8 Å². The number of rotatable bonds is 5. The van der Waals surface area contributed by atoms with Gasteiger partial charge in [-0.05, 0) is 111 Å². The summed E-state index contributed by atoms with van der Waals surface area (Å²) in [7, 11) is 0. The second-order valence-corrected chi connectivity index (χ2v) is 13.4. The van der Waals surface area contributed by atoms with Crippen LogP contribution in [0.1, 0.15) is 0 Å². The number of pyridine rings is 1. The molecule has 208 valence electrons. The predicted molar refractivity (Wildman–Crippen MR) is 189 cm³/mol. The van der Waals surface area contributed by atoms with Crippen molar-refractivity contribution in [2.45, 2.75) is 0 Å². The predicted octanol–water partition coefficient (Wildman–Crippen LogP) is 11.6. The summed E-state index contributed by atoms with van der Waals surface area (Å²) in [5.74, 6) is 0. The molecule has 0 N–H and O–H groups in total. The van der Waals surface area contributed by atoms with Gasteiger partial charge in [0.05, 0.1) is 26.9 Å². The van der Waals surface area contributed by atoms with Gasteiger partial charge in [-0.1, -0.05) is 42.5 Å². The molecule has 0 spiro atoms. The summed E-state index contributed by atoms with van der Waals surface area (Å²) in [5.41, 5.74) is 12.6. The highest BCUT2D eigenvalue weighted by molar-refractivity contribution is 7.21. The van der Waals surface area contributed by atoms with E-state index in [1.165, 1.54) is 43.2 Å². The molecule has 6 heteroatoms. The number of benzene rings is 4. The fourth-order valence-electron chi connectivity index (χ4n) is 6.04. The summed E-state index contributed by atoms with van der Waals surface area (Å²) < 4.78 is 3.59. The van der Waals surface area contributed by atoms with Gasteiger partial charge < -0.3 is 4.57 Å². The number of thiazole rings is 1. The molecule has 44 heavy (non-hydrogen) atoms. The fraction of sp³-hybridized carbons (Fsp3) is 0. The number of aromatic nitrogens is 3. The Morgan fingerprint density at radius 3 is 2.16 bits per heavy atom. The first kappa shape index (κ1) is 25.6. The minimum atomic E-state index is 0.965. The fourth-order valence-corrected chi connectivity index (χ4v) is 8.31. The van der Waals surface area contributed by atoms with Gasteiger partial charge in [-0.15, -0.1) is 11.3 Å². The van der Waals surface area contributed by atoms with Gasteiger partial charge in [-0.3, -0.25) is 4.98 Å². The number of fused-ring (bicyclic) bond motifs is 4. The molecule has 5 heterocycles. The Balaban J connectivity index is 1.25. The van der Waals surface area contributed by atoms with E-state index in [0.29, 0.717) is 0 Å². The van der Waals surface area contributed by atoms with Gasteiger partial charge in [0, 0.05) is 33.8 Å². The number of hydrogen-bond acceptors (Lipinski definition) is 5. The maximum Gasteiger partial charge on any atom is 0.124 e. The van der Waals surface area contributed by atoms with E-state index in [1.807, 2.05) is 18.3 Å². The van der Waals surface area contributed by atoms with Crippen LogP contribution in [0.4, 0.5) is 0 Å². The zero-order chi connectivity index (χ0) is 29.0. The summed E-state index contributed by atoms with van der Waals surface area (Å²) in [4.78, 5) is 9.74. The average molecular weight is 618 g/mol. The van der Waals surface area contributed by atoms with Crippen molar-refractivity contribution in [1.82, 2.24) is 14.5 Å². The lowest BCUT2D eigenvalue weighted by atomic mass is 10.0. The van der Waals surface area contributed by atoms with E-state index in [9.17, 15) is 0 Å². The first-order valence-corrected chi connectivity index (χ1v) is 17.0. The molecular weight excluding hydrogens is 595 g/mol. The monoisotopic (exact) mass is 617 g/mol. The zero-order valence-electron chi connectivity index (χ0n) is 23.3. The summed E-state index contributed by atoms with van der Waals surface area (Å²) in [6, 6.07) is 39.4. The van der Waals surface area contributed by atoms with E-state index in [4.69, 9.17) is 4.98 Å². The molecule has 0 amide bonds.